The summed E-state index contributed by atoms with van der Waals surface area (Å²) in [6, 6.07) is 15.1. The van der Waals surface area contributed by atoms with Crippen molar-refractivity contribution < 1.29 is 9.59 Å². The summed E-state index contributed by atoms with van der Waals surface area (Å²) in [5.41, 5.74) is 4.02. The number of Topliss-reactive ketones (excluding diaryl/α,β-unsaturated/α-hetero) is 1. The van der Waals surface area contributed by atoms with Crippen LogP contribution in [0.3, 0.4) is 0 Å². The van der Waals surface area contributed by atoms with E-state index in [0.29, 0.717) is 40.6 Å². The van der Waals surface area contributed by atoms with Crippen molar-refractivity contribution >= 4 is 29.2 Å². The molecule has 1 aliphatic carbocycles. The lowest BCUT2D eigenvalue weighted by Crippen LogP contribution is -2.22. The van der Waals surface area contributed by atoms with Crippen molar-refractivity contribution in [2.45, 2.75) is 38.5 Å². The Hall–Kier alpha value is -3.05. The van der Waals surface area contributed by atoms with E-state index in [1.807, 2.05) is 0 Å². The number of hydrogen-bond acceptors (Lipinski definition) is 4. The number of fused-ring (bicyclic) bond motifs is 1. The number of anilines is 1. The lowest BCUT2D eigenvalue weighted by Gasteiger charge is -2.23. The van der Waals surface area contributed by atoms with Crippen LogP contribution >= 0.6 is 11.6 Å². The molecule has 152 valence electrons. The van der Waals surface area contributed by atoms with Gasteiger partial charge < -0.3 is 0 Å². The summed E-state index contributed by atoms with van der Waals surface area (Å²) in [7, 11) is 0. The van der Waals surface area contributed by atoms with E-state index in [4.69, 9.17) is 11.6 Å². The number of aromatic nitrogens is 2. The van der Waals surface area contributed by atoms with E-state index in [1.165, 1.54) is 11.8 Å². The molecule has 30 heavy (non-hydrogen) atoms. The lowest BCUT2D eigenvalue weighted by molar-refractivity contribution is 0.0962. The van der Waals surface area contributed by atoms with Crippen molar-refractivity contribution in [1.29, 1.82) is 0 Å². The number of rotatable bonds is 4. The smallest absolute Gasteiger partial charge is 0.258 e. The zero-order valence-corrected chi connectivity index (χ0v) is 17.6. The minimum absolute atomic E-state index is 0.0295. The van der Waals surface area contributed by atoms with E-state index >= 15 is 0 Å². The topological polar surface area (TPSA) is 72.0 Å². The Morgan fingerprint density at radius 3 is 2.60 bits per heavy atom. The van der Waals surface area contributed by atoms with E-state index in [0.717, 1.165) is 5.56 Å². The average Bonchev–Trinajstić information content (AvgIpc) is 2.73. The van der Waals surface area contributed by atoms with E-state index in [9.17, 15) is 9.59 Å². The summed E-state index contributed by atoms with van der Waals surface area (Å²) in [5, 5.41) is 3.17. The highest BCUT2D eigenvalue weighted by atomic mass is 35.5. The molecule has 0 bridgehead atoms. The van der Waals surface area contributed by atoms with Crippen LogP contribution in [0.2, 0.25) is 5.02 Å². The van der Waals surface area contributed by atoms with Crippen LogP contribution in [0, 0.1) is 0 Å². The third-order valence-corrected chi connectivity index (χ3v) is 5.66. The van der Waals surface area contributed by atoms with Gasteiger partial charge in [-0.1, -0.05) is 55.8 Å². The molecule has 0 radical (unpaired) electrons. The second-order valence-electron chi connectivity index (χ2n) is 7.87. The number of nitrogens with one attached hydrogen (secondary N) is 1. The number of benzene rings is 2. The average molecular weight is 420 g/mol. The molecular weight excluding hydrogens is 398 g/mol. The second kappa shape index (κ2) is 8.36. The molecule has 0 spiro atoms. The molecule has 0 fully saturated rings. The normalized spacial score (nSPS) is 15.7. The largest absolute Gasteiger partial charge is 0.294 e. The fourth-order valence-corrected chi connectivity index (χ4v) is 3.89. The number of ketones is 1. The Morgan fingerprint density at radius 2 is 1.90 bits per heavy atom. The van der Waals surface area contributed by atoms with Gasteiger partial charge in [0.05, 0.1) is 11.3 Å². The molecule has 0 saturated carbocycles. The van der Waals surface area contributed by atoms with Gasteiger partial charge in [-0.05, 0) is 47.6 Å². The SMILES string of the molecule is CC(C)c1ccc([C@H]2CC(=O)c3cnc(NC(=O)c4cccc(Cl)c4)nc3C2)cc1. The van der Waals surface area contributed by atoms with Crippen LogP contribution in [-0.4, -0.2) is 21.7 Å². The molecule has 0 unspecified atom stereocenters. The monoisotopic (exact) mass is 419 g/mol. The van der Waals surface area contributed by atoms with Crippen LogP contribution in [0.1, 0.15) is 69.6 Å². The molecule has 0 saturated heterocycles. The van der Waals surface area contributed by atoms with Crippen LogP contribution in [0.15, 0.2) is 54.7 Å². The van der Waals surface area contributed by atoms with Crippen LogP contribution in [0.25, 0.3) is 0 Å². The lowest BCUT2D eigenvalue weighted by atomic mass is 9.81. The Labute approximate surface area is 180 Å². The van der Waals surface area contributed by atoms with Gasteiger partial charge in [0.1, 0.15) is 0 Å². The summed E-state index contributed by atoms with van der Waals surface area (Å²) < 4.78 is 0. The number of halogens is 1. The van der Waals surface area contributed by atoms with Crippen LogP contribution in [-0.2, 0) is 6.42 Å². The van der Waals surface area contributed by atoms with Gasteiger partial charge in [-0.15, -0.1) is 0 Å². The summed E-state index contributed by atoms with van der Waals surface area (Å²) in [6.45, 7) is 4.32. The van der Waals surface area contributed by atoms with E-state index < -0.39 is 0 Å². The number of carbonyl (C=O) groups is 2. The summed E-state index contributed by atoms with van der Waals surface area (Å²) in [4.78, 5) is 33.7. The highest BCUT2D eigenvalue weighted by molar-refractivity contribution is 6.31. The van der Waals surface area contributed by atoms with Gasteiger partial charge in [-0.2, -0.15) is 0 Å². The first kappa shape index (κ1) is 20.2. The molecule has 1 N–H and O–H groups in total. The first-order valence-corrected chi connectivity index (χ1v) is 10.3. The molecule has 1 amide bonds. The van der Waals surface area contributed by atoms with Gasteiger partial charge in [-0.25, -0.2) is 9.97 Å². The van der Waals surface area contributed by atoms with Crippen LogP contribution in [0.5, 0.6) is 0 Å². The molecule has 2 aromatic carbocycles. The Kier molecular flexibility index (Phi) is 5.64. The molecular formula is C24H22ClN3O2. The number of carbonyl (C=O) groups excluding carboxylic acids is 2. The van der Waals surface area contributed by atoms with Crippen LogP contribution < -0.4 is 5.32 Å². The third kappa shape index (κ3) is 4.26. The number of amides is 1. The van der Waals surface area contributed by atoms with Crippen molar-refractivity contribution in [1.82, 2.24) is 9.97 Å². The third-order valence-electron chi connectivity index (χ3n) is 5.43. The molecule has 3 aromatic rings. The summed E-state index contributed by atoms with van der Waals surface area (Å²) in [5.74, 6) is 0.397. The van der Waals surface area contributed by atoms with Gasteiger partial charge in [0.2, 0.25) is 5.95 Å². The second-order valence-corrected chi connectivity index (χ2v) is 8.30. The Bertz CT molecular complexity index is 1110. The van der Waals surface area contributed by atoms with Gasteiger partial charge >= 0.3 is 0 Å². The van der Waals surface area contributed by atoms with E-state index in [2.05, 4.69) is 53.4 Å². The molecule has 4 rings (SSSR count). The predicted molar refractivity (Wildman–Crippen MR) is 117 cm³/mol. The predicted octanol–water partition coefficient (Wildman–Crippen LogP) is 5.42. The standard InChI is InChI=1S/C24H22ClN3O2/c1-14(2)15-6-8-16(9-7-15)18-11-21-20(22(29)12-18)13-26-24(27-21)28-23(30)17-4-3-5-19(25)10-17/h3-10,13-14,18H,11-12H2,1-2H3,(H,26,27,28,30)/t18-/m1/s1. The maximum atomic E-state index is 12.7. The fourth-order valence-electron chi connectivity index (χ4n) is 3.70. The van der Waals surface area contributed by atoms with E-state index in [1.54, 1.807) is 24.3 Å². The highest BCUT2D eigenvalue weighted by Crippen LogP contribution is 2.32. The number of nitrogens with zero attached hydrogens (tertiary/aromatic N) is 2. The highest BCUT2D eigenvalue weighted by Gasteiger charge is 2.28. The Balaban J connectivity index is 1.55. The first-order chi connectivity index (χ1) is 14.4. The molecule has 6 heteroatoms. The molecule has 1 heterocycles. The number of hydrogen-bond donors (Lipinski definition) is 1. The molecule has 1 aliphatic rings. The first-order valence-electron chi connectivity index (χ1n) is 9.96. The minimum atomic E-state index is -0.347. The zero-order chi connectivity index (χ0) is 21.3. The maximum Gasteiger partial charge on any atom is 0.258 e. The van der Waals surface area contributed by atoms with Crippen molar-refractivity contribution in [3.8, 4) is 0 Å². The summed E-state index contributed by atoms with van der Waals surface area (Å²) >= 11 is 5.96. The van der Waals surface area contributed by atoms with Gasteiger partial charge in [-0.3, -0.25) is 14.9 Å². The van der Waals surface area contributed by atoms with Crippen molar-refractivity contribution in [2.75, 3.05) is 5.32 Å². The van der Waals surface area contributed by atoms with Crippen LogP contribution in [0.4, 0.5) is 5.95 Å². The van der Waals surface area contributed by atoms with E-state index in [-0.39, 0.29) is 23.6 Å². The fraction of sp³-hybridized carbons (Fsp3) is 0.250. The van der Waals surface area contributed by atoms with Crippen molar-refractivity contribution in [3.05, 3.63) is 87.7 Å². The van der Waals surface area contributed by atoms with Gasteiger partial charge in [0.15, 0.2) is 5.78 Å². The quantitative estimate of drug-likeness (QED) is 0.613. The van der Waals surface area contributed by atoms with Crippen molar-refractivity contribution in [3.63, 3.8) is 0 Å². The molecule has 5 nitrogen and oxygen atoms in total. The van der Waals surface area contributed by atoms with Gasteiger partial charge in [0.25, 0.3) is 5.91 Å². The summed E-state index contributed by atoms with van der Waals surface area (Å²) in [6.07, 6.45) is 2.58. The van der Waals surface area contributed by atoms with Crippen molar-refractivity contribution in [2.24, 2.45) is 0 Å². The zero-order valence-electron chi connectivity index (χ0n) is 16.9. The maximum absolute atomic E-state index is 12.7. The van der Waals surface area contributed by atoms with Gasteiger partial charge in [0, 0.05) is 23.2 Å². The molecule has 0 aliphatic heterocycles. The molecule has 1 atom stereocenters. The minimum Gasteiger partial charge on any atom is -0.294 e. The Morgan fingerprint density at radius 1 is 1.13 bits per heavy atom. The molecule has 1 aromatic heterocycles.